The first-order valence-corrected chi connectivity index (χ1v) is 8.11. The van der Waals surface area contributed by atoms with Gasteiger partial charge in [0.15, 0.2) is 5.82 Å². The van der Waals surface area contributed by atoms with Gasteiger partial charge in [-0.1, -0.05) is 0 Å². The monoisotopic (exact) mass is 312 g/mol. The molecule has 0 spiro atoms. The van der Waals surface area contributed by atoms with Crippen molar-refractivity contribution in [2.45, 2.75) is 32.9 Å². The molecule has 1 saturated heterocycles. The van der Waals surface area contributed by atoms with Gasteiger partial charge in [0.1, 0.15) is 11.6 Å². The number of carbonyl (C=O) groups is 1. The Morgan fingerprint density at radius 2 is 1.91 bits per heavy atom. The van der Waals surface area contributed by atoms with E-state index in [-0.39, 0.29) is 5.91 Å². The summed E-state index contributed by atoms with van der Waals surface area (Å²) < 4.78 is 2.07. The van der Waals surface area contributed by atoms with Crippen LogP contribution in [0.2, 0.25) is 0 Å². The van der Waals surface area contributed by atoms with Crippen LogP contribution in [0.25, 0.3) is 0 Å². The van der Waals surface area contributed by atoms with Crippen molar-refractivity contribution in [3.05, 3.63) is 35.5 Å². The zero-order valence-electron chi connectivity index (χ0n) is 13.3. The first-order chi connectivity index (χ1) is 11.2. The van der Waals surface area contributed by atoms with Gasteiger partial charge in [-0.3, -0.25) is 4.79 Å². The molecule has 120 valence electrons. The van der Waals surface area contributed by atoms with Gasteiger partial charge in [-0.2, -0.15) is 0 Å². The molecule has 7 heteroatoms. The molecule has 1 fully saturated rings. The number of pyridine rings is 1. The standard InChI is InChI=1S/C16H20N6O/c1-12-18-19-15-11-21(8-9-22(12)15)16(23)13-4-5-14(17-10-13)20-6-2-3-7-20/h4-5,10H,2-3,6-9,11H2,1H3. The Morgan fingerprint density at radius 1 is 1.09 bits per heavy atom. The molecule has 0 unspecified atom stereocenters. The van der Waals surface area contributed by atoms with Crippen LogP contribution in [0.5, 0.6) is 0 Å². The predicted molar refractivity (Wildman–Crippen MR) is 85.2 cm³/mol. The number of fused-ring (bicyclic) bond motifs is 1. The zero-order valence-corrected chi connectivity index (χ0v) is 13.3. The molecule has 4 heterocycles. The average molecular weight is 312 g/mol. The molecule has 2 aliphatic heterocycles. The van der Waals surface area contributed by atoms with Gasteiger partial charge in [-0.15, -0.1) is 10.2 Å². The third kappa shape index (κ3) is 2.56. The minimum Gasteiger partial charge on any atom is -0.357 e. The van der Waals surface area contributed by atoms with Crippen molar-refractivity contribution in [2.24, 2.45) is 0 Å². The molecule has 0 radical (unpaired) electrons. The number of aryl methyl sites for hydroxylation is 1. The van der Waals surface area contributed by atoms with E-state index in [9.17, 15) is 4.79 Å². The largest absolute Gasteiger partial charge is 0.357 e. The van der Waals surface area contributed by atoms with E-state index in [2.05, 4.69) is 24.6 Å². The molecule has 2 aromatic rings. The summed E-state index contributed by atoms with van der Waals surface area (Å²) in [6, 6.07) is 3.84. The molecule has 0 aliphatic carbocycles. The quantitative estimate of drug-likeness (QED) is 0.834. The lowest BCUT2D eigenvalue weighted by Crippen LogP contribution is -2.38. The molecule has 0 N–H and O–H groups in total. The molecule has 1 amide bonds. The SMILES string of the molecule is Cc1nnc2n1CCN(C(=O)c1ccc(N3CCCC3)nc1)C2. The van der Waals surface area contributed by atoms with E-state index in [1.165, 1.54) is 12.8 Å². The first-order valence-electron chi connectivity index (χ1n) is 8.11. The minimum atomic E-state index is 0.0115. The lowest BCUT2D eigenvalue weighted by atomic mass is 10.2. The van der Waals surface area contributed by atoms with E-state index in [4.69, 9.17) is 0 Å². The maximum Gasteiger partial charge on any atom is 0.255 e. The molecule has 7 nitrogen and oxygen atoms in total. The number of carbonyl (C=O) groups excluding carboxylic acids is 1. The normalized spacial score (nSPS) is 17.4. The Hall–Kier alpha value is -2.44. The van der Waals surface area contributed by atoms with Crippen LogP contribution in [0.1, 0.15) is 34.8 Å². The summed E-state index contributed by atoms with van der Waals surface area (Å²) in [5.74, 6) is 2.73. The van der Waals surface area contributed by atoms with Gasteiger partial charge in [0.2, 0.25) is 0 Å². The highest BCUT2D eigenvalue weighted by Gasteiger charge is 2.24. The van der Waals surface area contributed by atoms with Crippen molar-refractivity contribution in [1.29, 1.82) is 0 Å². The second-order valence-corrected chi connectivity index (χ2v) is 6.14. The van der Waals surface area contributed by atoms with E-state index < -0.39 is 0 Å². The van der Waals surface area contributed by atoms with E-state index in [1.807, 2.05) is 24.0 Å². The van der Waals surface area contributed by atoms with Gasteiger partial charge >= 0.3 is 0 Å². The average Bonchev–Trinajstić information content (AvgIpc) is 3.24. The van der Waals surface area contributed by atoms with Crippen molar-refractivity contribution in [3.8, 4) is 0 Å². The Morgan fingerprint density at radius 3 is 2.65 bits per heavy atom. The second kappa shape index (κ2) is 5.64. The molecular formula is C16H20N6O. The minimum absolute atomic E-state index is 0.0115. The molecule has 4 rings (SSSR count). The maximum absolute atomic E-state index is 12.7. The molecule has 23 heavy (non-hydrogen) atoms. The highest BCUT2D eigenvalue weighted by Crippen LogP contribution is 2.19. The molecule has 0 aromatic carbocycles. The third-order valence-electron chi connectivity index (χ3n) is 4.65. The van der Waals surface area contributed by atoms with Crippen LogP contribution in [0.15, 0.2) is 18.3 Å². The van der Waals surface area contributed by atoms with Gasteiger partial charge in [-0.25, -0.2) is 4.98 Å². The number of rotatable bonds is 2. The molecule has 0 atom stereocenters. The Kier molecular flexibility index (Phi) is 3.48. The van der Waals surface area contributed by atoms with Crippen molar-refractivity contribution >= 4 is 11.7 Å². The Balaban J connectivity index is 1.48. The van der Waals surface area contributed by atoms with Crippen molar-refractivity contribution < 1.29 is 4.79 Å². The topological polar surface area (TPSA) is 67.2 Å². The summed E-state index contributed by atoms with van der Waals surface area (Å²) in [4.78, 5) is 21.2. The van der Waals surface area contributed by atoms with Gasteiger partial charge in [0.05, 0.1) is 12.1 Å². The van der Waals surface area contributed by atoms with Crippen molar-refractivity contribution in [2.75, 3.05) is 24.5 Å². The highest BCUT2D eigenvalue weighted by molar-refractivity contribution is 5.94. The van der Waals surface area contributed by atoms with E-state index >= 15 is 0 Å². The van der Waals surface area contributed by atoms with E-state index in [0.29, 0.717) is 18.7 Å². The number of amides is 1. The predicted octanol–water partition coefficient (Wildman–Crippen LogP) is 1.24. The smallest absolute Gasteiger partial charge is 0.255 e. The lowest BCUT2D eigenvalue weighted by Gasteiger charge is -2.27. The van der Waals surface area contributed by atoms with Crippen LogP contribution in [0.4, 0.5) is 5.82 Å². The molecule has 0 bridgehead atoms. The van der Waals surface area contributed by atoms with Gasteiger partial charge < -0.3 is 14.4 Å². The molecule has 0 saturated carbocycles. The summed E-state index contributed by atoms with van der Waals surface area (Å²) in [6.45, 7) is 5.99. The zero-order chi connectivity index (χ0) is 15.8. The van der Waals surface area contributed by atoms with Crippen LogP contribution in [0, 0.1) is 6.92 Å². The molecule has 2 aliphatic rings. The van der Waals surface area contributed by atoms with Gasteiger partial charge in [-0.05, 0) is 31.9 Å². The van der Waals surface area contributed by atoms with Crippen LogP contribution in [0.3, 0.4) is 0 Å². The summed E-state index contributed by atoms with van der Waals surface area (Å²) in [5.41, 5.74) is 0.637. The van der Waals surface area contributed by atoms with Crippen molar-refractivity contribution in [3.63, 3.8) is 0 Å². The van der Waals surface area contributed by atoms with Gasteiger partial charge in [0, 0.05) is 32.4 Å². The van der Waals surface area contributed by atoms with Crippen LogP contribution in [-0.2, 0) is 13.1 Å². The number of aromatic nitrogens is 4. The fourth-order valence-corrected chi connectivity index (χ4v) is 3.30. The fourth-order valence-electron chi connectivity index (χ4n) is 3.30. The summed E-state index contributed by atoms with van der Waals surface area (Å²) in [7, 11) is 0. The fraction of sp³-hybridized carbons (Fsp3) is 0.500. The summed E-state index contributed by atoms with van der Waals surface area (Å²) in [6.07, 6.45) is 4.13. The summed E-state index contributed by atoms with van der Waals surface area (Å²) >= 11 is 0. The number of hydrogen-bond acceptors (Lipinski definition) is 5. The molecule has 2 aromatic heterocycles. The maximum atomic E-state index is 12.7. The Labute approximate surface area is 134 Å². The van der Waals surface area contributed by atoms with Gasteiger partial charge in [0.25, 0.3) is 5.91 Å². The van der Waals surface area contributed by atoms with Crippen LogP contribution < -0.4 is 4.90 Å². The lowest BCUT2D eigenvalue weighted by molar-refractivity contribution is 0.0706. The van der Waals surface area contributed by atoms with E-state index in [0.717, 1.165) is 37.1 Å². The van der Waals surface area contributed by atoms with Crippen molar-refractivity contribution in [1.82, 2.24) is 24.6 Å². The number of nitrogens with zero attached hydrogens (tertiary/aromatic N) is 6. The Bertz CT molecular complexity index is 717. The first kappa shape index (κ1) is 14.2. The third-order valence-corrected chi connectivity index (χ3v) is 4.65. The highest BCUT2D eigenvalue weighted by atomic mass is 16.2. The second-order valence-electron chi connectivity index (χ2n) is 6.14. The number of hydrogen-bond donors (Lipinski definition) is 0. The van der Waals surface area contributed by atoms with Crippen LogP contribution >= 0.6 is 0 Å². The summed E-state index contributed by atoms with van der Waals surface area (Å²) in [5, 5.41) is 8.22. The van der Waals surface area contributed by atoms with Crippen LogP contribution in [-0.4, -0.2) is 50.2 Å². The van der Waals surface area contributed by atoms with E-state index in [1.54, 1.807) is 6.20 Å². The number of anilines is 1. The molecular weight excluding hydrogens is 292 g/mol.